The van der Waals surface area contributed by atoms with E-state index in [0.717, 1.165) is 16.4 Å². The number of hydrogen-bond acceptors (Lipinski definition) is 8. The number of nitriles is 1. The topological polar surface area (TPSA) is 159 Å². The average Bonchev–Trinajstić information content (AvgIpc) is 2.79. The van der Waals surface area contributed by atoms with Crippen molar-refractivity contribution in [3.05, 3.63) is 69.8 Å². The first kappa shape index (κ1) is 24.3. The lowest BCUT2D eigenvalue weighted by atomic mass is 10.2. The maximum Gasteiger partial charge on any atom is 0.289 e. The van der Waals surface area contributed by atoms with E-state index in [0.29, 0.717) is 11.1 Å². The van der Waals surface area contributed by atoms with Gasteiger partial charge in [0.2, 0.25) is 15.9 Å². The van der Waals surface area contributed by atoms with Gasteiger partial charge in [0.1, 0.15) is 5.75 Å². The fourth-order valence-corrected chi connectivity index (χ4v) is 6.34. The van der Waals surface area contributed by atoms with Crippen LogP contribution in [0.15, 0.2) is 53.4 Å². The van der Waals surface area contributed by atoms with Crippen molar-refractivity contribution in [2.75, 3.05) is 31.9 Å². The molecule has 0 saturated carbocycles. The maximum absolute atomic E-state index is 12.9. The summed E-state index contributed by atoms with van der Waals surface area (Å²) in [5.41, 5.74) is 0.299. The number of carbonyl (C=O) groups is 1. The molecule has 1 saturated heterocycles. The van der Waals surface area contributed by atoms with Gasteiger partial charge in [-0.05, 0) is 23.8 Å². The van der Waals surface area contributed by atoms with E-state index < -0.39 is 47.0 Å². The summed E-state index contributed by atoms with van der Waals surface area (Å²) in [7, 11) is -7.94. The molecule has 2 aromatic rings. The van der Waals surface area contributed by atoms with Crippen molar-refractivity contribution in [3.8, 4) is 6.07 Å². The van der Waals surface area contributed by atoms with Crippen LogP contribution in [0.1, 0.15) is 11.1 Å². The monoisotopic (exact) mass is 492 g/mol. The van der Waals surface area contributed by atoms with Gasteiger partial charge in [-0.1, -0.05) is 24.3 Å². The minimum absolute atomic E-state index is 0.0366. The van der Waals surface area contributed by atoms with Gasteiger partial charge in [0.15, 0.2) is 14.7 Å². The molecular formula is C20H20N4O7S2. The van der Waals surface area contributed by atoms with Gasteiger partial charge in [0.25, 0.3) is 5.69 Å². The van der Waals surface area contributed by atoms with E-state index >= 15 is 0 Å². The molecule has 1 heterocycles. The van der Waals surface area contributed by atoms with Crippen molar-refractivity contribution in [1.29, 1.82) is 5.26 Å². The first-order chi connectivity index (χ1) is 15.5. The fraction of sp³-hybridized carbons (Fsp3) is 0.300. The van der Waals surface area contributed by atoms with Crippen LogP contribution in [0.4, 0.5) is 5.69 Å². The highest BCUT2D eigenvalue weighted by atomic mass is 32.2. The summed E-state index contributed by atoms with van der Waals surface area (Å²) in [5, 5.41) is 20.0. The third-order valence-electron chi connectivity index (χ3n) is 5.08. The van der Waals surface area contributed by atoms with Crippen LogP contribution in [0.2, 0.25) is 0 Å². The lowest BCUT2D eigenvalue weighted by Crippen LogP contribution is -2.51. The first-order valence-corrected chi connectivity index (χ1v) is 13.0. The molecule has 11 nitrogen and oxygen atoms in total. The number of hydrogen-bond donors (Lipinski definition) is 0. The largest absolute Gasteiger partial charge is 0.339 e. The van der Waals surface area contributed by atoms with Crippen LogP contribution in [-0.4, -0.2) is 68.8 Å². The molecule has 0 bridgehead atoms. The average molecular weight is 493 g/mol. The number of nitro groups is 1. The van der Waals surface area contributed by atoms with Crippen LogP contribution in [-0.2, 0) is 30.4 Å². The van der Waals surface area contributed by atoms with Crippen molar-refractivity contribution in [2.45, 2.75) is 10.6 Å². The molecule has 0 aromatic heterocycles. The number of amides is 1. The van der Waals surface area contributed by atoms with Gasteiger partial charge in [-0.25, -0.2) is 16.8 Å². The first-order valence-electron chi connectivity index (χ1n) is 9.74. The van der Waals surface area contributed by atoms with Crippen molar-refractivity contribution < 1.29 is 26.6 Å². The number of sulfone groups is 1. The Labute approximate surface area is 191 Å². The zero-order chi connectivity index (χ0) is 24.2. The lowest BCUT2D eigenvalue weighted by molar-refractivity contribution is -0.387. The standard InChI is InChI=1S/C20H20N4O7S2/c21-13-16-5-7-17(8-6-16)14-32(28,29)15-20(25)22-9-11-23(12-10-22)33(30,31)19-4-2-1-3-18(19)24(26)27/h1-8H,9-12,14-15H2. The third-order valence-corrected chi connectivity index (χ3v) is 8.49. The summed E-state index contributed by atoms with van der Waals surface area (Å²) in [5.74, 6) is -1.74. The molecule has 0 N–H and O–H groups in total. The van der Waals surface area contributed by atoms with Gasteiger partial charge in [0.05, 0.1) is 22.3 Å². The van der Waals surface area contributed by atoms with Crippen LogP contribution in [0.3, 0.4) is 0 Å². The molecule has 1 aliphatic heterocycles. The molecule has 0 radical (unpaired) electrons. The van der Waals surface area contributed by atoms with Crippen LogP contribution in [0.5, 0.6) is 0 Å². The van der Waals surface area contributed by atoms with E-state index in [1.807, 2.05) is 6.07 Å². The molecular weight excluding hydrogens is 472 g/mol. The second kappa shape index (κ2) is 9.65. The van der Waals surface area contributed by atoms with Gasteiger partial charge in [-0.15, -0.1) is 0 Å². The van der Waals surface area contributed by atoms with Gasteiger partial charge in [-0.3, -0.25) is 14.9 Å². The predicted molar refractivity (Wildman–Crippen MR) is 117 cm³/mol. The summed E-state index contributed by atoms with van der Waals surface area (Å²) in [6, 6.07) is 12.9. The Hall–Kier alpha value is -3.34. The SMILES string of the molecule is N#Cc1ccc(CS(=O)(=O)CC(=O)N2CCN(S(=O)(=O)c3ccccc3[N+](=O)[O-])CC2)cc1. The Balaban J connectivity index is 1.63. The third kappa shape index (κ3) is 5.72. The highest BCUT2D eigenvalue weighted by molar-refractivity contribution is 7.91. The normalized spacial score (nSPS) is 15.1. The summed E-state index contributed by atoms with van der Waals surface area (Å²) in [6.45, 7) is -0.304. The van der Waals surface area contributed by atoms with Gasteiger partial charge < -0.3 is 4.90 Å². The second-order valence-corrected chi connectivity index (χ2v) is 11.3. The summed E-state index contributed by atoms with van der Waals surface area (Å²) in [6.07, 6.45) is 0. The Morgan fingerprint density at radius 1 is 1.00 bits per heavy atom. The number of piperazine rings is 1. The minimum Gasteiger partial charge on any atom is -0.339 e. The van der Waals surface area contributed by atoms with E-state index in [4.69, 9.17) is 5.26 Å². The summed E-state index contributed by atoms with van der Waals surface area (Å²) >= 11 is 0. The van der Waals surface area contributed by atoms with Crippen LogP contribution < -0.4 is 0 Å². The number of sulfonamides is 1. The molecule has 1 fully saturated rings. The fourth-order valence-electron chi connectivity index (χ4n) is 3.40. The highest BCUT2D eigenvalue weighted by Crippen LogP contribution is 2.27. The molecule has 174 valence electrons. The Morgan fingerprint density at radius 3 is 2.18 bits per heavy atom. The number of benzene rings is 2. The minimum atomic E-state index is -4.16. The lowest BCUT2D eigenvalue weighted by Gasteiger charge is -2.33. The maximum atomic E-state index is 12.9. The van der Waals surface area contributed by atoms with Gasteiger partial charge in [-0.2, -0.15) is 9.57 Å². The number of nitrogens with zero attached hydrogens (tertiary/aromatic N) is 4. The Kier molecular flexibility index (Phi) is 7.11. The van der Waals surface area contributed by atoms with Crippen molar-refractivity contribution in [2.24, 2.45) is 0 Å². The molecule has 1 amide bonds. The van der Waals surface area contributed by atoms with Crippen LogP contribution in [0.25, 0.3) is 0 Å². The molecule has 1 aliphatic rings. The Bertz CT molecular complexity index is 1310. The van der Waals surface area contributed by atoms with Crippen molar-refractivity contribution in [1.82, 2.24) is 9.21 Å². The smallest absolute Gasteiger partial charge is 0.289 e. The van der Waals surface area contributed by atoms with Gasteiger partial charge >= 0.3 is 0 Å². The highest BCUT2D eigenvalue weighted by Gasteiger charge is 2.35. The predicted octanol–water partition coefficient (Wildman–Crippen LogP) is 0.914. The molecule has 0 spiro atoms. The van der Waals surface area contributed by atoms with Crippen molar-refractivity contribution in [3.63, 3.8) is 0 Å². The van der Waals surface area contributed by atoms with E-state index in [2.05, 4.69) is 0 Å². The molecule has 3 rings (SSSR count). The van der Waals surface area contributed by atoms with Crippen LogP contribution in [0, 0.1) is 21.4 Å². The van der Waals surface area contributed by atoms with Crippen molar-refractivity contribution >= 4 is 31.5 Å². The number of para-hydroxylation sites is 1. The number of carbonyl (C=O) groups excluding carboxylic acids is 1. The molecule has 13 heteroatoms. The molecule has 0 aliphatic carbocycles. The molecule has 2 aromatic carbocycles. The molecule has 0 atom stereocenters. The summed E-state index contributed by atoms with van der Waals surface area (Å²) in [4.78, 5) is 23.8. The van der Waals surface area contributed by atoms with E-state index in [1.54, 1.807) is 0 Å². The number of nitro benzene ring substituents is 1. The Morgan fingerprint density at radius 2 is 1.61 bits per heavy atom. The zero-order valence-corrected chi connectivity index (χ0v) is 19.0. The quantitative estimate of drug-likeness (QED) is 0.407. The molecule has 0 unspecified atom stereocenters. The zero-order valence-electron chi connectivity index (χ0n) is 17.3. The summed E-state index contributed by atoms with van der Waals surface area (Å²) < 4.78 is 51.7. The van der Waals surface area contributed by atoms with E-state index in [1.165, 1.54) is 41.3 Å². The van der Waals surface area contributed by atoms with E-state index in [-0.39, 0.29) is 31.9 Å². The molecule has 33 heavy (non-hydrogen) atoms. The van der Waals surface area contributed by atoms with Crippen LogP contribution >= 0.6 is 0 Å². The second-order valence-electron chi connectivity index (χ2n) is 7.35. The van der Waals surface area contributed by atoms with E-state index in [9.17, 15) is 31.7 Å². The van der Waals surface area contributed by atoms with Gasteiger partial charge in [0, 0.05) is 32.2 Å². The number of rotatable bonds is 7.